The van der Waals surface area contributed by atoms with Crippen LogP contribution in [0, 0.1) is 0 Å². The third-order valence-electron chi connectivity index (χ3n) is 3.17. The molecule has 1 heterocycles. The molecule has 0 unspecified atom stereocenters. The van der Waals surface area contributed by atoms with Crippen molar-refractivity contribution in [2.45, 2.75) is 32.9 Å². The molecule has 1 aromatic carbocycles. The van der Waals surface area contributed by atoms with E-state index in [4.69, 9.17) is 9.47 Å². The number of carbonyl (C=O) groups is 1. The molecular formula is C18H22BrN3O3. The fourth-order valence-electron chi connectivity index (χ4n) is 2.17. The second-order valence-electron chi connectivity index (χ2n) is 6.44. The summed E-state index contributed by atoms with van der Waals surface area (Å²) in [5.74, 6) is 1.04. The lowest BCUT2D eigenvalue weighted by Crippen LogP contribution is -2.31. The number of carbonyl (C=O) groups excluding carboxylic acids is 1. The Hall–Kier alpha value is -1.99. The van der Waals surface area contributed by atoms with Crippen molar-refractivity contribution in [3.05, 3.63) is 40.6 Å². The Morgan fingerprint density at radius 1 is 1.24 bits per heavy atom. The highest BCUT2D eigenvalue weighted by Gasteiger charge is 2.16. The van der Waals surface area contributed by atoms with Gasteiger partial charge >= 0.3 is 5.97 Å². The van der Waals surface area contributed by atoms with Crippen LogP contribution in [0.2, 0.25) is 0 Å². The third-order valence-corrected chi connectivity index (χ3v) is 3.58. The number of rotatable bonds is 6. The molecule has 1 N–H and O–H groups in total. The van der Waals surface area contributed by atoms with Crippen molar-refractivity contribution in [2.75, 3.05) is 13.7 Å². The minimum atomic E-state index is -0.483. The standard InChI is InChI=1S/C18H22BrN3O3/c1-18(2,3)25-16(23)11-20-8-13-6-5-12(7-15(13)24-4)17-21-9-14(19)10-22-17/h5-7,9-10,20H,8,11H2,1-4H3. The SMILES string of the molecule is COc1cc(-c2ncc(Br)cn2)ccc1CNCC(=O)OC(C)(C)C. The number of benzene rings is 1. The summed E-state index contributed by atoms with van der Waals surface area (Å²) < 4.78 is 11.5. The van der Waals surface area contributed by atoms with Crippen LogP contribution in [-0.2, 0) is 16.1 Å². The predicted octanol–water partition coefficient (Wildman–Crippen LogP) is 3.35. The summed E-state index contributed by atoms with van der Waals surface area (Å²) in [4.78, 5) is 20.3. The first-order valence-electron chi connectivity index (χ1n) is 7.86. The number of hydrogen-bond donors (Lipinski definition) is 1. The van der Waals surface area contributed by atoms with Crippen LogP contribution >= 0.6 is 15.9 Å². The molecule has 2 rings (SSSR count). The van der Waals surface area contributed by atoms with Crippen molar-refractivity contribution in [1.82, 2.24) is 15.3 Å². The summed E-state index contributed by atoms with van der Waals surface area (Å²) in [6, 6.07) is 5.74. The monoisotopic (exact) mass is 407 g/mol. The van der Waals surface area contributed by atoms with Crippen LogP contribution in [-0.4, -0.2) is 35.2 Å². The van der Waals surface area contributed by atoms with E-state index < -0.39 is 5.60 Å². The van der Waals surface area contributed by atoms with E-state index in [0.717, 1.165) is 15.6 Å². The molecule has 0 radical (unpaired) electrons. The van der Waals surface area contributed by atoms with Gasteiger partial charge in [0, 0.05) is 30.1 Å². The van der Waals surface area contributed by atoms with Gasteiger partial charge in [0.25, 0.3) is 0 Å². The van der Waals surface area contributed by atoms with Crippen LogP contribution in [0.5, 0.6) is 5.75 Å². The van der Waals surface area contributed by atoms with Gasteiger partial charge in [-0.3, -0.25) is 4.79 Å². The van der Waals surface area contributed by atoms with Crippen molar-refractivity contribution < 1.29 is 14.3 Å². The zero-order chi connectivity index (χ0) is 18.4. The Balaban J connectivity index is 2.02. The fourth-order valence-corrected chi connectivity index (χ4v) is 2.37. The number of esters is 1. The first-order valence-corrected chi connectivity index (χ1v) is 8.65. The van der Waals surface area contributed by atoms with Gasteiger partial charge in [-0.1, -0.05) is 12.1 Å². The van der Waals surface area contributed by atoms with Gasteiger partial charge in [-0.2, -0.15) is 0 Å². The molecule has 134 valence electrons. The molecule has 0 amide bonds. The molecule has 2 aromatic rings. The Morgan fingerprint density at radius 3 is 2.52 bits per heavy atom. The van der Waals surface area contributed by atoms with E-state index >= 15 is 0 Å². The largest absolute Gasteiger partial charge is 0.496 e. The molecule has 0 saturated carbocycles. The van der Waals surface area contributed by atoms with E-state index in [2.05, 4.69) is 31.2 Å². The van der Waals surface area contributed by atoms with Crippen LogP contribution in [0.1, 0.15) is 26.3 Å². The number of ether oxygens (including phenoxy) is 2. The number of halogens is 1. The van der Waals surface area contributed by atoms with Gasteiger partial charge in [-0.05, 0) is 42.8 Å². The van der Waals surface area contributed by atoms with Crippen molar-refractivity contribution in [3.63, 3.8) is 0 Å². The van der Waals surface area contributed by atoms with Gasteiger partial charge in [0.1, 0.15) is 11.4 Å². The van der Waals surface area contributed by atoms with Gasteiger partial charge in [-0.15, -0.1) is 0 Å². The number of nitrogens with one attached hydrogen (secondary N) is 1. The van der Waals surface area contributed by atoms with E-state index in [-0.39, 0.29) is 12.5 Å². The second-order valence-corrected chi connectivity index (χ2v) is 7.36. The summed E-state index contributed by atoms with van der Waals surface area (Å²) in [5.41, 5.74) is 1.31. The van der Waals surface area contributed by atoms with E-state index in [1.165, 1.54) is 0 Å². The molecule has 0 saturated heterocycles. The third kappa shape index (κ3) is 6.10. The van der Waals surface area contributed by atoms with Gasteiger partial charge in [0.05, 0.1) is 18.1 Å². The highest BCUT2D eigenvalue weighted by Crippen LogP contribution is 2.25. The van der Waals surface area contributed by atoms with Crippen LogP contribution in [0.15, 0.2) is 35.1 Å². The highest BCUT2D eigenvalue weighted by molar-refractivity contribution is 9.10. The zero-order valence-electron chi connectivity index (χ0n) is 14.8. The van der Waals surface area contributed by atoms with Gasteiger partial charge in [0.15, 0.2) is 5.82 Å². The molecule has 1 aromatic heterocycles. The van der Waals surface area contributed by atoms with Crippen LogP contribution in [0.4, 0.5) is 0 Å². The lowest BCUT2D eigenvalue weighted by Gasteiger charge is -2.19. The average molecular weight is 408 g/mol. The van der Waals surface area contributed by atoms with E-state index in [0.29, 0.717) is 18.1 Å². The molecule has 25 heavy (non-hydrogen) atoms. The Morgan fingerprint density at radius 2 is 1.92 bits per heavy atom. The van der Waals surface area contributed by atoms with Crippen LogP contribution < -0.4 is 10.1 Å². The van der Waals surface area contributed by atoms with Gasteiger partial charge < -0.3 is 14.8 Å². The quantitative estimate of drug-likeness (QED) is 0.740. The minimum Gasteiger partial charge on any atom is -0.496 e. The predicted molar refractivity (Wildman–Crippen MR) is 99.3 cm³/mol. The first-order chi connectivity index (χ1) is 11.8. The van der Waals surface area contributed by atoms with E-state index in [9.17, 15) is 4.79 Å². The maximum Gasteiger partial charge on any atom is 0.320 e. The molecule has 0 spiro atoms. The maximum absolute atomic E-state index is 11.7. The summed E-state index contributed by atoms with van der Waals surface area (Å²) in [7, 11) is 1.61. The molecule has 0 aliphatic heterocycles. The molecule has 0 aliphatic carbocycles. The van der Waals surface area contributed by atoms with Gasteiger partial charge in [0.2, 0.25) is 0 Å². The van der Waals surface area contributed by atoms with Crippen molar-refractivity contribution >= 4 is 21.9 Å². The van der Waals surface area contributed by atoms with Crippen LogP contribution in [0.3, 0.4) is 0 Å². The molecule has 7 heteroatoms. The highest BCUT2D eigenvalue weighted by atomic mass is 79.9. The summed E-state index contributed by atoms with van der Waals surface area (Å²) in [6.07, 6.45) is 3.40. The number of methoxy groups -OCH3 is 1. The van der Waals surface area contributed by atoms with Gasteiger partial charge in [-0.25, -0.2) is 9.97 Å². The topological polar surface area (TPSA) is 73.3 Å². The van der Waals surface area contributed by atoms with Crippen molar-refractivity contribution in [2.24, 2.45) is 0 Å². The van der Waals surface area contributed by atoms with Crippen molar-refractivity contribution in [1.29, 1.82) is 0 Å². The number of hydrogen-bond acceptors (Lipinski definition) is 6. The lowest BCUT2D eigenvalue weighted by molar-refractivity contribution is -0.153. The molecule has 0 atom stereocenters. The minimum absolute atomic E-state index is 0.137. The fraction of sp³-hybridized carbons (Fsp3) is 0.389. The Kier molecular flexibility index (Phi) is 6.50. The smallest absolute Gasteiger partial charge is 0.320 e. The normalized spacial score (nSPS) is 11.2. The summed E-state index contributed by atoms with van der Waals surface area (Å²) in [6.45, 7) is 6.16. The summed E-state index contributed by atoms with van der Waals surface area (Å²) >= 11 is 3.32. The van der Waals surface area contributed by atoms with E-state index in [1.807, 2.05) is 39.0 Å². The maximum atomic E-state index is 11.7. The first kappa shape index (κ1) is 19.3. The Bertz CT molecular complexity index is 727. The molecular weight excluding hydrogens is 386 g/mol. The van der Waals surface area contributed by atoms with Crippen molar-refractivity contribution in [3.8, 4) is 17.1 Å². The average Bonchev–Trinajstić information content (AvgIpc) is 2.54. The second kappa shape index (κ2) is 8.40. The summed E-state index contributed by atoms with van der Waals surface area (Å²) in [5, 5.41) is 3.07. The van der Waals surface area contributed by atoms with E-state index in [1.54, 1.807) is 19.5 Å². The molecule has 0 fully saturated rings. The zero-order valence-corrected chi connectivity index (χ0v) is 16.4. The molecule has 6 nitrogen and oxygen atoms in total. The number of aromatic nitrogens is 2. The molecule has 0 aliphatic rings. The molecule has 0 bridgehead atoms. The Labute approximate surface area is 156 Å². The van der Waals surface area contributed by atoms with Crippen LogP contribution in [0.25, 0.3) is 11.4 Å². The number of nitrogens with zero attached hydrogens (tertiary/aromatic N) is 2. The lowest BCUT2D eigenvalue weighted by atomic mass is 10.1.